The summed E-state index contributed by atoms with van der Waals surface area (Å²) in [6.07, 6.45) is 9.91. The van der Waals surface area contributed by atoms with Crippen molar-refractivity contribution in [3.8, 4) is 0 Å². The minimum Gasteiger partial charge on any atom is -0.339 e. The van der Waals surface area contributed by atoms with E-state index in [0.717, 1.165) is 67.8 Å². The highest BCUT2D eigenvalue weighted by atomic mass is 16.2. The Kier molecular flexibility index (Phi) is 6.20. The molecule has 5 heteroatoms. The van der Waals surface area contributed by atoms with Gasteiger partial charge in [0, 0.05) is 49.2 Å². The summed E-state index contributed by atoms with van der Waals surface area (Å²) >= 11 is 0. The van der Waals surface area contributed by atoms with Crippen molar-refractivity contribution in [2.75, 3.05) is 13.1 Å². The largest absolute Gasteiger partial charge is 0.339 e. The van der Waals surface area contributed by atoms with Crippen molar-refractivity contribution in [2.45, 2.75) is 39.2 Å². The zero-order valence-electron chi connectivity index (χ0n) is 19.2. The zero-order chi connectivity index (χ0) is 22.6. The highest BCUT2D eigenvalue weighted by Crippen LogP contribution is 2.26. The summed E-state index contributed by atoms with van der Waals surface area (Å²) < 4.78 is 2.10. The molecule has 0 spiro atoms. The van der Waals surface area contributed by atoms with Crippen LogP contribution in [0.2, 0.25) is 0 Å². The molecule has 0 saturated carbocycles. The number of hydrogen-bond acceptors (Lipinski definition) is 3. The van der Waals surface area contributed by atoms with Crippen LogP contribution < -0.4 is 0 Å². The number of nitrogens with zero attached hydrogens (tertiary/aromatic N) is 4. The molecular formula is C28H30N4O. The molecule has 0 radical (unpaired) electrons. The minimum atomic E-state index is 0.145. The third-order valence-corrected chi connectivity index (χ3v) is 6.81. The number of hydrogen-bond donors (Lipinski definition) is 0. The number of amides is 1. The number of pyridine rings is 1. The molecule has 1 amide bonds. The number of carbonyl (C=O) groups excluding carboxylic acids is 1. The van der Waals surface area contributed by atoms with Crippen LogP contribution in [0.1, 0.15) is 46.6 Å². The van der Waals surface area contributed by atoms with Gasteiger partial charge in [-0.3, -0.25) is 9.78 Å². The molecular weight excluding hydrogens is 408 g/mol. The number of imidazole rings is 1. The van der Waals surface area contributed by atoms with Crippen LogP contribution in [0.3, 0.4) is 0 Å². The van der Waals surface area contributed by atoms with E-state index in [4.69, 9.17) is 0 Å². The molecule has 168 valence electrons. The number of carbonyl (C=O) groups is 1. The summed E-state index contributed by atoms with van der Waals surface area (Å²) in [5, 5.41) is 1.20. The lowest BCUT2D eigenvalue weighted by atomic mass is 9.91. The van der Waals surface area contributed by atoms with Crippen LogP contribution in [0.5, 0.6) is 0 Å². The lowest BCUT2D eigenvalue weighted by Gasteiger charge is -2.21. The fourth-order valence-electron chi connectivity index (χ4n) is 4.97. The molecule has 1 fully saturated rings. The van der Waals surface area contributed by atoms with E-state index in [0.29, 0.717) is 5.92 Å². The molecule has 1 saturated heterocycles. The number of fused-ring (bicyclic) bond motifs is 1. The Morgan fingerprint density at radius 2 is 1.88 bits per heavy atom. The fraction of sp³-hybridized carbons (Fsp3) is 0.321. The Hall–Kier alpha value is -3.47. The predicted molar refractivity (Wildman–Crippen MR) is 131 cm³/mol. The Morgan fingerprint density at radius 1 is 1.00 bits per heavy atom. The van der Waals surface area contributed by atoms with Gasteiger partial charge in [-0.1, -0.05) is 36.4 Å². The van der Waals surface area contributed by atoms with E-state index in [1.807, 2.05) is 54.7 Å². The summed E-state index contributed by atoms with van der Waals surface area (Å²) in [5.41, 5.74) is 4.34. The molecule has 0 aliphatic carbocycles. The van der Waals surface area contributed by atoms with Crippen LogP contribution in [0, 0.1) is 12.8 Å². The highest BCUT2D eigenvalue weighted by Gasteiger charge is 2.22. The SMILES string of the molecule is Cc1nccn1Cc1cccc(C(=O)N2CCC[C@@H](Cc3cccc4cccnc34)CC2)c1. The maximum atomic E-state index is 13.3. The second-order valence-electron chi connectivity index (χ2n) is 9.09. The van der Waals surface area contributed by atoms with Crippen molar-refractivity contribution in [3.05, 3.63) is 95.7 Å². The first-order valence-corrected chi connectivity index (χ1v) is 11.9. The highest BCUT2D eigenvalue weighted by molar-refractivity contribution is 5.94. The van der Waals surface area contributed by atoms with Gasteiger partial charge in [0.05, 0.1) is 5.52 Å². The Bertz CT molecular complexity index is 1260. The van der Waals surface area contributed by atoms with Crippen molar-refractivity contribution in [1.29, 1.82) is 0 Å². The lowest BCUT2D eigenvalue weighted by Crippen LogP contribution is -2.32. The quantitative estimate of drug-likeness (QED) is 0.426. The van der Waals surface area contributed by atoms with Gasteiger partial charge >= 0.3 is 0 Å². The van der Waals surface area contributed by atoms with E-state index in [1.165, 1.54) is 10.9 Å². The van der Waals surface area contributed by atoms with Crippen molar-refractivity contribution in [3.63, 3.8) is 0 Å². The van der Waals surface area contributed by atoms with Gasteiger partial charge in [0.2, 0.25) is 0 Å². The van der Waals surface area contributed by atoms with Crippen molar-refractivity contribution >= 4 is 16.8 Å². The predicted octanol–water partition coefficient (Wildman–Crippen LogP) is 5.27. The maximum absolute atomic E-state index is 13.3. The van der Waals surface area contributed by atoms with E-state index in [1.54, 1.807) is 0 Å². The molecule has 0 unspecified atom stereocenters. The van der Waals surface area contributed by atoms with E-state index in [-0.39, 0.29) is 5.91 Å². The molecule has 33 heavy (non-hydrogen) atoms. The maximum Gasteiger partial charge on any atom is 0.253 e. The summed E-state index contributed by atoms with van der Waals surface area (Å²) in [5.74, 6) is 1.70. The molecule has 5 rings (SSSR count). The molecule has 1 atom stereocenters. The van der Waals surface area contributed by atoms with Gasteiger partial charge in [0.25, 0.3) is 5.91 Å². The standard InChI is InChI=1S/C28H30N4O/c1-21-29-14-17-32(21)20-23-6-2-10-26(19-23)28(33)31-15-5-7-22(12-16-31)18-25-9-3-8-24-11-4-13-30-27(24)25/h2-4,6,8-11,13-14,17,19,22H,5,7,12,15-16,18,20H2,1H3/t22-/m1/s1. The normalized spacial score (nSPS) is 16.6. The molecule has 2 aromatic heterocycles. The molecule has 2 aromatic carbocycles. The van der Waals surface area contributed by atoms with E-state index in [2.05, 4.69) is 44.9 Å². The van der Waals surface area contributed by atoms with Crippen LogP contribution in [0.4, 0.5) is 0 Å². The van der Waals surface area contributed by atoms with Gasteiger partial charge in [0.1, 0.15) is 5.82 Å². The van der Waals surface area contributed by atoms with Crippen LogP contribution in [-0.2, 0) is 13.0 Å². The Balaban J connectivity index is 1.25. The van der Waals surface area contributed by atoms with Gasteiger partial charge in [-0.15, -0.1) is 0 Å². The summed E-state index contributed by atoms with van der Waals surface area (Å²) in [4.78, 5) is 24.3. The van der Waals surface area contributed by atoms with Gasteiger partial charge in [-0.2, -0.15) is 0 Å². The number of rotatable bonds is 5. The zero-order valence-corrected chi connectivity index (χ0v) is 19.2. The van der Waals surface area contributed by atoms with Crippen molar-refractivity contribution in [1.82, 2.24) is 19.4 Å². The third kappa shape index (κ3) is 4.82. The number of aromatic nitrogens is 3. The summed E-state index contributed by atoms with van der Waals surface area (Å²) in [6.45, 7) is 4.37. The molecule has 5 nitrogen and oxygen atoms in total. The molecule has 0 bridgehead atoms. The first-order valence-electron chi connectivity index (χ1n) is 11.9. The van der Waals surface area contributed by atoms with Gasteiger partial charge < -0.3 is 9.47 Å². The molecule has 0 N–H and O–H groups in total. The van der Waals surface area contributed by atoms with E-state index < -0.39 is 0 Å². The third-order valence-electron chi connectivity index (χ3n) is 6.81. The molecule has 1 aliphatic heterocycles. The summed E-state index contributed by atoms with van der Waals surface area (Å²) in [6, 6.07) is 18.6. The Morgan fingerprint density at radius 3 is 2.76 bits per heavy atom. The second kappa shape index (κ2) is 9.57. The van der Waals surface area contributed by atoms with Crippen LogP contribution in [0.25, 0.3) is 10.9 Å². The van der Waals surface area contributed by atoms with Gasteiger partial charge in [-0.25, -0.2) is 4.98 Å². The number of likely N-dealkylation sites (tertiary alicyclic amines) is 1. The minimum absolute atomic E-state index is 0.145. The first kappa shape index (κ1) is 21.4. The average Bonchev–Trinajstić information content (AvgIpc) is 3.10. The molecule has 1 aliphatic rings. The van der Waals surface area contributed by atoms with Crippen molar-refractivity contribution in [2.24, 2.45) is 5.92 Å². The molecule has 3 heterocycles. The topological polar surface area (TPSA) is 51.0 Å². The number of para-hydroxylation sites is 1. The second-order valence-corrected chi connectivity index (χ2v) is 9.09. The van der Waals surface area contributed by atoms with Crippen LogP contribution in [0.15, 0.2) is 73.2 Å². The number of benzene rings is 2. The lowest BCUT2D eigenvalue weighted by molar-refractivity contribution is 0.0760. The van der Waals surface area contributed by atoms with E-state index >= 15 is 0 Å². The van der Waals surface area contributed by atoms with Crippen LogP contribution >= 0.6 is 0 Å². The van der Waals surface area contributed by atoms with E-state index in [9.17, 15) is 4.79 Å². The summed E-state index contributed by atoms with van der Waals surface area (Å²) in [7, 11) is 0. The fourth-order valence-corrected chi connectivity index (χ4v) is 4.97. The number of aryl methyl sites for hydroxylation is 1. The molecule has 4 aromatic rings. The van der Waals surface area contributed by atoms with Crippen molar-refractivity contribution < 1.29 is 4.79 Å². The smallest absolute Gasteiger partial charge is 0.253 e. The monoisotopic (exact) mass is 438 g/mol. The van der Waals surface area contributed by atoms with Gasteiger partial charge in [0.15, 0.2) is 0 Å². The first-order chi connectivity index (χ1) is 16.2. The van der Waals surface area contributed by atoms with Gasteiger partial charge in [-0.05, 0) is 67.9 Å². The van der Waals surface area contributed by atoms with Crippen LogP contribution in [-0.4, -0.2) is 38.4 Å². The Labute approximate surface area is 195 Å². The average molecular weight is 439 g/mol.